The zero-order valence-corrected chi connectivity index (χ0v) is 21.6. The summed E-state index contributed by atoms with van der Waals surface area (Å²) in [5.74, 6) is -0.609. The minimum absolute atomic E-state index is 0.112. The Bertz CT molecular complexity index is 1330. The zero-order valence-electron chi connectivity index (χ0n) is 21.6. The van der Waals surface area contributed by atoms with Crippen LogP contribution in [0.1, 0.15) is 34.6 Å². The molecule has 0 aliphatic carbocycles. The number of phenols is 1. The van der Waals surface area contributed by atoms with Crippen LogP contribution in [0.4, 0.5) is 0 Å². The van der Waals surface area contributed by atoms with Gasteiger partial charge in [0.2, 0.25) is 5.75 Å². The van der Waals surface area contributed by atoms with Crippen molar-refractivity contribution in [1.29, 1.82) is 0 Å². The molecular weight excluding hydrogens is 468 g/mol. The lowest BCUT2D eigenvalue weighted by Gasteiger charge is -2.23. The van der Waals surface area contributed by atoms with Crippen LogP contribution in [0.15, 0.2) is 24.3 Å². The Kier molecular flexibility index (Phi) is 7.82. The molecule has 3 rings (SSSR count). The molecule has 0 bridgehead atoms. The van der Waals surface area contributed by atoms with Crippen LogP contribution >= 0.6 is 0 Å². The number of hydrogen-bond donors (Lipinski definition) is 1. The number of ketones is 1. The number of benzene rings is 3. The molecule has 9 heteroatoms. The summed E-state index contributed by atoms with van der Waals surface area (Å²) in [6, 6.07) is 6.58. The smallest absolute Gasteiger partial charge is 0.339 e. The van der Waals surface area contributed by atoms with Gasteiger partial charge in [-0.1, -0.05) is 19.9 Å². The van der Waals surface area contributed by atoms with E-state index >= 15 is 0 Å². The molecule has 9 nitrogen and oxygen atoms in total. The Balaban J connectivity index is 2.73. The molecule has 36 heavy (non-hydrogen) atoms. The lowest BCUT2D eigenvalue weighted by molar-refractivity contribution is 0.0596. The third-order valence-electron chi connectivity index (χ3n) is 5.90. The van der Waals surface area contributed by atoms with E-state index in [0.717, 1.165) is 0 Å². The SMILES string of the molecule is COC(=O)c1c(C(=O)C(C)C)c(O)c2cc(OC)c(OC)c(OC)c2c1-c1ccc(OC)c(OC)c1. The standard InChI is InChI=1S/C27H30O9/c1-13(2)23(28)22-21(27(30)36-8)19(14-9-10-16(31-3)17(11-14)32-4)20-15(24(22)29)12-18(33-5)25(34-6)26(20)35-7/h9-13,29H,1-8H3. The van der Waals surface area contributed by atoms with Crippen LogP contribution < -0.4 is 23.7 Å². The number of rotatable bonds is 9. The van der Waals surface area contributed by atoms with E-state index in [0.29, 0.717) is 22.4 Å². The van der Waals surface area contributed by atoms with E-state index < -0.39 is 23.4 Å². The Hall–Kier alpha value is -4.14. The first-order chi connectivity index (χ1) is 17.2. The summed E-state index contributed by atoms with van der Waals surface area (Å²) in [5.41, 5.74) is 0.501. The number of carbonyl (C=O) groups is 2. The second kappa shape index (κ2) is 10.6. The summed E-state index contributed by atoms with van der Waals surface area (Å²) in [6.45, 7) is 3.36. The zero-order chi connectivity index (χ0) is 26.7. The van der Waals surface area contributed by atoms with Crippen molar-refractivity contribution in [3.05, 3.63) is 35.4 Å². The molecule has 0 aliphatic rings. The molecule has 192 valence electrons. The molecule has 0 heterocycles. The van der Waals surface area contributed by atoms with Gasteiger partial charge in [0.1, 0.15) is 5.75 Å². The Morgan fingerprint density at radius 2 is 1.36 bits per heavy atom. The third kappa shape index (κ3) is 4.21. The second-order valence-corrected chi connectivity index (χ2v) is 8.12. The summed E-state index contributed by atoms with van der Waals surface area (Å²) < 4.78 is 32.7. The average molecular weight is 499 g/mol. The van der Waals surface area contributed by atoms with Crippen LogP contribution in [-0.2, 0) is 4.74 Å². The van der Waals surface area contributed by atoms with Crippen LogP contribution in [0.2, 0.25) is 0 Å². The van der Waals surface area contributed by atoms with Gasteiger partial charge in [0.25, 0.3) is 0 Å². The number of ether oxygens (including phenoxy) is 6. The predicted octanol–water partition coefficient (Wildman–Crippen LogP) is 4.88. The lowest BCUT2D eigenvalue weighted by atomic mass is 9.84. The minimum atomic E-state index is -0.808. The van der Waals surface area contributed by atoms with Crippen LogP contribution in [-0.4, -0.2) is 59.5 Å². The molecule has 0 atom stereocenters. The molecule has 1 N–H and O–H groups in total. The first-order valence-corrected chi connectivity index (χ1v) is 11.1. The van der Waals surface area contributed by atoms with Crippen molar-refractivity contribution in [3.63, 3.8) is 0 Å². The maximum Gasteiger partial charge on any atom is 0.339 e. The van der Waals surface area contributed by atoms with Gasteiger partial charge in [-0.25, -0.2) is 4.79 Å². The highest BCUT2D eigenvalue weighted by molar-refractivity contribution is 6.21. The molecule has 0 radical (unpaired) electrons. The fraction of sp³-hybridized carbons (Fsp3) is 0.333. The van der Waals surface area contributed by atoms with Crippen molar-refractivity contribution in [1.82, 2.24) is 0 Å². The van der Waals surface area contributed by atoms with E-state index in [-0.39, 0.29) is 39.3 Å². The van der Waals surface area contributed by atoms with E-state index in [1.54, 1.807) is 32.0 Å². The van der Waals surface area contributed by atoms with Gasteiger partial charge in [0.05, 0.1) is 53.8 Å². The maximum atomic E-state index is 13.4. The molecule has 0 amide bonds. The van der Waals surface area contributed by atoms with Gasteiger partial charge in [-0.3, -0.25) is 4.79 Å². The van der Waals surface area contributed by atoms with E-state index in [9.17, 15) is 14.7 Å². The molecular formula is C27H30O9. The highest BCUT2D eigenvalue weighted by Gasteiger charge is 2.34. The quantitative estimate of drug-likeness (QED) is 0.326. The third-order valence-corrected chi connectivity index (χ3v) is 5.90. The van der Waals surface area contributed by atoms with Gasteiger partial charge < -0.3 is 33.5 Å². The summed E-state index contributed by atoms with van der Waals surface area (Å²) >= 11 is 0. The Labute approximate surface area is 209 Å². The first kappa shape index (κ1) is 26.5. The monoisotopic (exact) mass is 498 g/mol. The summed E-state index contributed by atoms with van der Waals surface area (Å²) in [5, 5.41) is 12.0. The summed E-state index contributed by atoms with van der Waals surface area (Å²) in [4.78, 5) is 26.7. The number of aromatic hydroxyl groups is 1. The molecule has 3 aromatic rings. The molecule has 0 saturated carbocycles. The van der Waals surface area contributed by atoms with Gasteiger partial charge in [-0.05, 0) is 23.8 Å². The number of Topliss-reactive ketones (excluding diaryl/α,β-unsaturated/α-hetero) is 1. The van der Waals surface area contributed by atoms with Crippen LogP contribution in [0, 0.1) is 5.92 Å². The molecule has 0 unspecified atom stereocenters. The number of esters is 1. The second-order valence-electron chi connectivity index (χ2n) is 8.12. The summed E-state index contributed by atoms with van der Waals surface area (Å²) in [7, 11) is 8.51. The van der Waals surface area contributed by atoms with E-state index in [1.807, 2.05) is 0 Å². The Morgan fingerprint density at radius 3 is 1.86 bits per heavy atom. The van der Waals surface area contributed by atoms with Crippen molar-refractivity contribution in [3.8, 4) is 45.6 Å². The molecule has 0 saturated heterocycles. The largest absolute Gasteiger partial charge is 0.507 e. The minimum Gasteiger partial charge on any atom is -0.507 e. The number of phenolic OH excluding ortho intramolecular Hbond substituents is 1. The predicted molar refractivity (Wildman–Crippen MR) is 134 cm³/mol. The highest BCUT2D eigenvalue weighted by Crippen LogP contribution is 2.52. The summed E-state index contributed by atoms with van der Waals surface area (Å²) in [6.07, 6.45) is 0. The van der Waals surface area contributed by atoms with Crippen LogP contribution in [0.3, 0.4) is 0 Å². The molecule has 0 aromatic heterocycles. The van der Waals surface area contributed by atoms with Gasteiger partial charge in [-0.2, -0.15) is 0 Å². The fourth-order valence-corrected chi connectivity index (χ4v) is 4.21. The van der Waals surface area contributed by atoms with Crippen molar-refractivity contribution >= 4 is 22.5 Å². The van der Waals surface area contributed by atoms with Crippen molar-refractivity contribution in [2.75, 3.05) is 42.7 Å². The maximum absolute atomic E-state index is 13.4. The van der Waals surface area contributed by atoms with E-state index in [2.05, 4.69) is 0 Å². The van der Waals surface area contributed by atoms with Gasteiger partial charge in [-0.15, -0.1) is 0 Å². The van der Waals surface area contributed by atoms with Crippen LogP contribution in [0.5, 0.6) is 34.5 Å². The van der Waals surface area contributed by atoms with Gasteiger partial charge in [0.15, 0.2) is 28.8 Å². The molecule has 0 fully saturated rings. The first-order valence-electron chi connectivity index (χ1n) is 11.1. The van der Waals surface area contributed by atoms with Gasteiger partial charge >= 0.3 is 5.97 Å². The number of hydrogen-bond acceptors (Lipinski definition) is 9. The molecule has 0 spiro atoms. The van der Waals surface area contributed by atoms with E-state index in [1.165, 1.54) is 48.7 Å². The highest BCUT2D eigenvalue weighted by atomic mass is 16.5. The van der Waals surface area contributed by atoms with E-state index in [4.69, 9.17) is 28.4 Å². The topological polar surface area (TPSA) is 110 Å². The number of methoxy groups -OCH3 is 6. The molecule has 3 aromatic carbocycles. The number of fused-ring (bicyclic) bond motifs is 1. The lowest BCUT2D eigenvalue weighted by Crippen LogP contribution is -2.17. The Morgan fingerprint density at radius 1 is 0.750 bits per heavy atom. The van der Waals surface area contributed by atoms with Crippen molar-refractivity contribution in [2.45, 2.75) is 13.8 Å². The van der Waals surface area contributed by atoms with Crippen LogP contribution in [0.25, 0.3) is 21.9 Å². The van der Waals surface area contributed by atoms with Gasteiger partial charge in [0, 0.05) is 22.3 Å². The van der Waals surface area contributed by atoms with Crippen molar-refractivity contribution in [2.24, 2.45) is 5.92 Å². The average Bonchev–Trinajstić information content (AvgIpc) is 2.90. The normalized spacial score (nSPS) is 10.8. The van der Waals surface area contributed by atoms with Crippen molar-refractivity contribution < 1.29 is 43.1 Å². The fourth-order valence-electron chi connectivity index (χ4n) is 4.21. The molecule has 0 aliphatic heterocycles. The number of carbonyl (C=O) groups excluding carboxylic acids is 2.